The highest BCUT2D eigenvalue weighted by Crippen LogP contribution is 2.24. The second-order valence-electron chi connectivity index (χ2n) is 5.69. The first-order valence-corrected chi connectivity index (χ1v) is 9.61. The van der Waals surface area contributed by atoms with Crippen molar-refractivity contribution < 1.29 is 19.1 Å². The van der Waals surface area contributed by atoms with Crippen LogP contribution in [0.2, 0.25) is 5.02 Å². The van der Waals surface area contributed by atoms with Gasteiger partial charge in [-0.25, -0.2) is 4.79 Å². The Balaban J connectivity index is 1.67. The molecule has 1 fully saturated rings. The Morgan fingerprint density at radius 1 is 1.24 bits per heavy atom. The molecule has 7 nitrogen and oxygen atoms in total. The number of benzene rings is 2. The molecule has 0 aromatic heterocycles. The van der Waals surface area contributed by atoms with Crippen LogP contribution in [-0.2, 0) is 20.9 Å². The molecule has 1 heterocycles. The lowest BCUT2D eigenvalue weighted by Gasteiger charge is -2.09. The molecule has 1 saturated heterocycles. The second-order valence-corrected chi connectivity index (χ2v) is 7.16. The molecule has 1 amide bonds. The molecule has 0 spiro atoms. The van der Waals surface area contributed by atoms with E-state index < -0.39 is 11.9 Å². The lowest BCUT2D eigenvalue weighted by molar-refractivity contribution is -0.135. The monoisotopic (exact) mass is 429 g/mol. The first-order valence-electron chi connectivity index (χ1n) is 8.41. The summed E-state index contributed by atoms with van der Waals surface area (Å²) < 4.78 is 10.4. The average molecular weight is 430 g/mol. The fourth-order valence-corrected chi connectivity index (χ4v) is 3.24. The first kappa shape index (κ1) is 20.6. The summed E-state index contributed by atoms with van der Waals surface area (Å²) in [5.74, 6) is -0.413. The topological polar surface area (TPSA) is 89.3 Å². The van der Waals surface area contributed by atoms with Crippen LogP contribution < -0.4 is 10.1 Å². The summed E-state index contributed by atoms with van der Waals surface area (Å²) in [5.41, 5.74) is 1.66. The van der Waals surface area contributed by atoms with Crippen LogP contribution in [0.5, 0.6) is 5.75 Å². The van der Waals surface area contributed by atoms with Gasteiger partial charge in [0.1, 0.15) is 12.4 Å². The number of hydrogen-bond donors (Lipinski definition) is 1. The van der Waals surface area contributed by atoms with E-state index in [4.69, 9.17) is 16.3 Å². The maximum absolute atomic E-state index is 11.8. The molecule has 9 heteroatoms. The Bertz CT molecular complexity index is 1020. The van der Waals surface area contributed by atoms with Gasteiger partial charge in [-0.2, -0.15) is 5.10 Å². The molecule has 3 rings (SSSR count). The van der Waals surface area contributed by atoms with E-state index in [1.807, 2.05) is 42.5 Å². The summed E-state index contributed by atoms with van der Waals surface area (Å²) in [6.45, 7) is 0.355. The number of amidine groups is 1. The number of ether oxygens (including phenoxy) is 2. The van der Waals surface area contributed by atoms with Crippen LogP contribution in [0.4, 0.5) is 0 Å². The number of carbonyl (C=O) groups excluding carboxylic acids is 2. The van der Waals surface area contributed by atoms with Gasteiger partial charge in [-0.05, 0) is 41.6 Å². The van der Waals surface area contributed by atoms with Gasteiger partial charge in [-0.15, -0.1) is 5.10 Å². The molecular weight excluding hydrogens is 414 g/mol. The third-order valence-corrected chi connectivity index (χ3v) is 4.78. The third kappa shape index (κ3) is 5.94. The Hall–Kier alpha value is -3.10. The molecule has 2 aromatic rings. The molecule has 1 aliphatic rings. The molecule has 1 aliphatic heterocycles. The van der Waals surface area contributed by atoms with Crippen LogP contribution in [0.1, 0.15) is 11.1 Å². The fourth-order valence-electron chi connectivity index (χ4n) is 2.29. The highest BCUT2D eigenvalue weighted by atomic mass is 35.5. The molecule has 1 N–H and O–H groups in total. The lowest BCUT2D eigenvalue weighted by Crippen LogP contribution is -2.19. The normalized spacial score (nSPS) is 16.4. The molecule has 148 valence electrons. The van der Waals surface area contributed by atoms with Gasteiger partial charge in [0.25, 0.3) is 5.91 Å². The van der Waals surface area contributed by atoms with Gasteiger partial charge >= 0.3 is 5.97 Å². The first-order chi connectivity index (χ1) is 14.0. The van der Waals surface area contributed by atoms with Gasteiger partial charge in [-0.1, -0.05) is 35.9 Å². The van der Waals surface area contributed by atoms with Gasteiger partial charge in [0.05, 0.1) is 18.2 Å². The van der Waals surface area contributed by atoms with Crippen LogP contribution in [0.15, 0.2) is 69.7 Å². The SMILES string of the molecule is COC(=O)/C=C1/S/C(=N\N=Cc2ccccc2OCc2cccc(Cl)c2)NC1=O. The van der Waals surface area contributed by atoms with Gasteiger partial charge in [0.15, 0.2) is 5.17 Å². The number of halogens is 1. The lowest BCUT2D eigenvalue weighted by atomic mass is 10.2. The van der Waals surface area contributed by atoms with Gasteiger partial charge in [0, 0.05) is 16.7 Å². The number of amides is 1. The molecule has 0 bridgehead atoms. The van der Waals surface area contributed by atoms with Crippen molar-refractivity contribution in [2.45, 2.75) is 6.61 Å². The second kappa shape index (κ2) is 9.90. The van der Waals surface area contributed by atoms with Crippen LogP contribution in [0, 0.1) is 0 Å². The summed E-state index contributed by atoms with van der Waals surface area (Å²) in [7, 11) is 1.24. The fraction of sp³-hybridized carbons (Fsp3) is 0.100. The van der Waals surface area contributed by atoms with Crippen molar-refractivity contribution in [3.8, 4) is 5.75 Å². The number of nitrogens with one attached hydrogen (secondary N) is 1. The van der Waals surface area contributed by atoms with E-state index in [2.05, 4.69) is 20.3 Å². The van der Waals surface area contributed by atoms with Crippen LogP contribution >= 0.6 is 23.4 Å². The Morgan fingerprint density at radius 2 is 2.07 bits per heavy atom. The van der Waals surface area contributed by atoms with Crippen molar-refractivity contribution >= 4 is 46.6 Å². The molecule has 0 aliphatic carbocycles. The maximum Gasteiger partial charge on any atom is 0.331 e. The van der Waals surface area contributed by atoms with Gasteiger partial charge in [-0.3, -0.25) is 10.1 Å². The minimum absolute atomic E-state index is 0.191. The van der Waals surface area contributed by atoms with E-state index >= 15 is 0 Å². The molecule has 0 unspecified atom stereocenters. The molecule has 0 radical (unpaired) electrons. The summed E-state index contributed by atoms with van der Waals surface area (Å²) in [4.78, 5) is 23.2. The zero-order valence-electron chi connectivity index (χ0n) is 15.3. The Labute approximate surface area is 176 Å². The maximum atomic E-state index is 11.8. The van der Waals surface area contributed by atoms with Crippen molar-refractivity contribution in [2.24, 2.45) is 10.2 Å². The van der Waals surface area contributed by atoms with E-state index in [1.165, 1.54) is 13.3 Å². The Kier molecular flexibility index (Phi) is 7.04. The average Bonchev–Trinajstić information content (AvgIpc) is 3.06. The number of methoxy groups -OCH3 is 1. The third-order valence-electron chi connectivity index (χ3n) is 3.65. The predicted molar refractivity (Wildman–Crippen MR) is 113 cm³/mol. The van der Waals surface area contributed by atoms with Crippen LogP contribution in [0.25, 0.3) is 0 Å². The van der Waals surface area contributed by atoms with Crippen molar-refractivity contribution in [3.63, 3.8) is 0 Å². The summed E-state index contributed by atoms with van der Waals surface area (Å²) in [6.07, 6.45) is 2.63. The highest BCUT2D eigenvalue weighted by Gasteiger charge is 2.25. The highest BCUT2D eigenvalue weighted by molar-refractivity contribution is 8.18. The molecular formula is C20H16ClN3O4S. The molecule has 0 saturated carbocycles. The molecule has 29 heavy (non-hydrogen) atoms. The predicted octanol–water partition coefficient (Wildman–Crippen LogP) is 3.53. The van der Waals surface area contributed by atoms with E-state index in [0.717, 1.165) is 29.0 Å². The zero-order chi connectivity index (χ0) is 20.6. The summed E-state index contributed by atoms with van der Waals surface area (Å²) in [6, 6.07) is 14.8. The van der Waals surface area contributed by atoms with E-state index in [0.29, 0.717) is 17.4 Å². The van der Waals surface area contributed by atoms with Gasteiger partial charge < -0.3 is 9.47 Å². The number of carbonyl (C=O) groups is 2. The van der Waals surface area contributed by atoms with Gasteiger partial charge in [0.2, 0.25) is 0 Å². The van der Waals surface area contributed by atoms with Crippen molar-refractivity contribution in [3.05, 3.63) is 75.7 Å². The minimum Gasteiger partial charge on any atom is -0.488 e. The number of thioether (sulfide) groups is 1. The van der Waals surface area contributed by atoms with Crippen LogP contribution in [-0.4, -0.2) is 30.4 Å². The number of rotatable bonds is 6. The smallest absolute Gasteiger partial charge is 0.331 e. The number of para-hydroxylation sites is 1. The minimum atomic E-state index is -0.613. The summed E-state index contributed by atoms with van der Waals surface area (Å²) in [5, 5.41) is 11.4. The number of nitrogens with zero attached hydrogens (tertiary/aromatic N) is 2. The number of hydrogen-bond acceptors (Lipinski definition) is 7. The molecule has 0 atom stereocenters. The molecule has 2 aromatic carbocycles. The zero-order valence-corrected chi connectivity index (χ0v) is 16.9. The van der Waals surface area contributed by atoms with E-state index in [9.17, 15) is 9.59 Å². The van der Waals surface area contributed by atoms with E-state index in [-0.39, 0.29) is 10.1 Å². The van der Waals surface area contributed by atoms with Crippen molar-refractivity contribution in [1.82, 2.24) is 5.32 Å². The Morgan fingerprint density at radius 3 is 2.86 bits per heavy atom. The van der Waals surface area contributed by atoms with E-state index in [1.54, 1.807) is 6.07 Å². The summed E-state index contributed by atoms with van der Waals surface area (Å²) >= 11 is 7.00. The van der Waals surface area contributed by atoms with Crippen molar-refractivity contribution in [2.75, 3.05) is 7.11 Å². The van der Waals surface area contributed by atoms with Crippen LogP contribution in [0.3, 0.4) is 0 Å². The van der Waals surface area contributed by atoms with Crippen molar-refractivity contribution in [1.29, 1.82) is 0 Å². The number of esters is 1. The standard InChI is InChI=1S/C20H16ClN3O4S/c1-27-18(25)10-17-19(26)23-20(29-17)24-22-11-14-6-2-3-8-16(14)28-12-13-5-4-7-15(21)9-13/h2-11H,12H2,1H3,(H,23,24,26)/b17-10+,22-11?. The quantitative estimate of drug-likeness (QED) is 0.328. The largest absolute Gasteiger partial charge is 0.488 e.